The molecule has 108 valence electrons. The topological polar surface area (TPSA) is 25.2 Å². The summed E-state index contributed by atoms with van der Waals surface area (Å²) in [6.45, 7) is 7.32. The Morgan fingerprint density at radius 1 is 1.15 bits per heavy atom. The zero-order valence-corrected chi connectivity index (χ0v) is 15.1. The van der Waals surface area contributed by atoms with E-state index in [4.69, 9.17) is 4.42 Å². The van der Waals surface area contributed by atoms with Crippen molar-refractivity contribution >= 4 is 31.9 Å². The monoisotopic (exact) mass is 399 g/mol. The molecule has 0 amide bonds. The van der Waals surface area contributed by atoms with E-state index in [-0.39, 0.29) is 5.54 Å². The number of furan rings is 1. The molecule has 2 rings (SSSR count). The van der Waals surface area contributed by atoms with Crippen molar-refractivity contribution in [3.05, 3.63) is 45.0 Å². The first kappa shape index (κ1) is 15.8. The normalized spacial score (nSPS) is 11.8. The molecule has 0 aliphatic carbocycles. The van der Waals surface area contributed by atoms with Crippen molar-refractivity contribution in [3.8, 4) is 11.3 Å². The highest BCUT2D eigenvalue weighted by atomic mass is 79.9. The first-order chi connectivity index (χ1) is 9.41. The van der Waals surface area contributed by atoms with Crippen molar-refractivity contribution in [1.29, 1.82) is 0 Å². The predicted molar refractivity (Wildman–Crippen MR) is 90.8 cm³/mol. The van der Waals surface area contributed by atoms with Gasteiger partial charge in [-0.15, -0.1) is 0 Å². The highest BCUT2D eigenvalue weighted by molar-refractivity contribution is 9.11. The van der Waals surface area contributed by atoms with Gasteiger partial charge in [-0.2, -0.15) is 0 Å². The SMILES string of the molecule is CCC(C)(C)NCc1ccc(-c2ccc(Br)cc2Br)o1. The van der Waals surface area contributed by atoms with Gasteiger partial charge in [-0.05, 0) is 66.5 Å². The molecule has 4 heteroatoms. The molecule has 1 heterocycles. The van der Waals surface area contributed by atoms with Crippen LogP contribution in [0.4, 0.5) is 0 Å². The molecule has 0 saturated heterocycles. The molecule has 0 saturated carbocycles. The molecule has 0 bridgehead atoms. The quantitative estimate of drug-likeness (QED) is 0.691. The molecule has 1 aromatic heterocycles. The number of rotatable bonds is 5. The molecular weight excluding hydrogens is 382 g/mol. The van der Waals surface area contributed by atoms with Crippen LogP contribution in [0.25, 0.3) is 11.3 Å². The Balaban J connectivity index is 2.13. The van der Waals surface area contributed by atoms with Gasteiger partial charge in [0.05, 0.1) is 6.54 Å². The average Bonchev–Trinajstić information content (AvgIpc) is 2.85. The lowest BCUT2D eigenvalue weighted by Crippen LogP contribution is -2.37. The van der Waals surface area contributed by atoms with Gasteiger partial charge in [0.2, 0.25) is 0 Å². The van der Waals surface area contributed by atoms with Gasteiger partial charge in [-0.1, -0.05) is 22.9 Å². The fraction of sp³-hybridized carbons (Fsp3) is 0.375. The van der Waals surface area contributed by atoms with E-state index in [9.17, 15) is 0 Å². The van der Waals surface area contributed by atoms with Crippen molar-refractivity contribution in [2.75, 3.05) is 0 Å². The van der Waals surface area contributed by atoms with Crippen molar-refractivity contribution in [2.24, 2.45) is 0 Å². The Bertz CT molecular complexity index is 590. The zero-order valence-electron chi connectivity index (χ0n) is 12.0. The van der Waals surface area contributed by atoms with Crippen LogP contribution in [0.15, 0.2) is 43.7 Å². The number of hydrogen-bond donors (Lipinski definition) is 1. The molecular formula is C16H19Br2NO. The first-order valence-corrected chi connectivity index (χ1v) is 8.29. The summed E-state index contributed by atoms with van der Waals surface area (Å²) in [4.78, 5) is 0. The Morgan fingerprint density at radius 3 is 2.55 bits per heavy atom. The second-order valence-electron chi connectivity index (χ2n) is 5.48. The lowest BCUT2D eigenvalue weighted by molar-refractivity contribution is 0.353. The van der Waals surface area contributed by atoms with E-state index in [1.165, 1.54) is 0 Å². The second kappa shape index (κ2) is 6.46. The van der Waals surface area contributed by atoms with Crippen LogP contribution >= 0.6 is 31.9 Å². The van der Waals surface area contributed by atoms with Crippen LogP contribution in [0, 0.1) is 0 Å². The summed E-state index contributed by atoms with van der Waals surface area (Å²) < 4.78 is 7.99. The smallest absolute Gasteiger partial charge is 0.135 e. The Morgan fingerprint density at radius 2 is 1.90 bits per heavy atom. The third-order valence-corrected chi connectivity index (χ3v) is 4.63. The van der Waals surface area contributed by atoms with E-state index in [1.807, 2.05) is 30.3 Å². The van der Waals surface area contributed by atoms with Gasteiger partial charge in [-0.25, -0.2) is 0 Å². The maximum absolute atomic E-state index is 5.92. The summed E-state index contributed by atoms with van der Waals surface area (Å²) in [5, 5.41) is 3.50. The maximum Gasteiger partial charge on any atom is 0.135 e. The third-order valence-electron chi connectivity index (χ3n) is 3.48. The number of nitrogens with one attached hydrogen (secondary N) is 1. The van der Waals surface area contributed by atoms with Gasteiger partial charge in [0.15, 0.2) is 0 Å². The second-order valence-corrected chi connectivity index (χ2v) is 7.25. The van der Waals surface area contributed by atoms with Crippen molar-refractivity contribution < 1.29 is 4.42 Å². The molecule has 20 heavy (non-hydrogen) atoms. The van der Waals surface area contributed by atoms with Crippen LogP contribution in [0.2, 0.25) is 0 Å². The van der Waals surface area contributed by atoms with Crippen molar-refractivity contribution in [1.82, 2.24) is 5.32 Å². The molecule has 0 radical (unpaired) electrons. The molecule has 0 atom stereocenters. The molecule has 0 unspecified atom stereocenters. The van der Waals surface area contributed by atoms with E-state index in [0.29, 0.717) is 0 Å². The average molecular weight is 401 g/mol. The molecule has 1 N–H and O–H groups in total. The molecule has 0 spiro atoms. The first-order valence-electron chi connectivity index (χ1n) is 6.70. The minimum absolute atomic E-state index is 0.130. The van der Waals surface area contributed by atoms with E-state index >= 15 is 0 Å². The van der Waals surface area contributed by atoms with Gasteiger partial charge in [0, 0.05) is 20.0 Å². The van der Waals surface area contributed by atoms with Crippen LogP contribution in [0.1, 0.15) is 33.0 Å². The van der Waals surface area contributed by atoms with Crippen molar-refractivity contribution in [3.63, 3.8) is 0 Å². The van der Waals surface area contributed by atoms with E-state index < -0.39 is 0 Å². The summed E-state index contributed by atoms with van der Waals surface area (Å²) in [6, 6.07) is 10.1. The predicted octanol–water partition coefficient (Wildman–Crippen LogP) is 5.75. The van der Waals surface area contributed by atoms with Gasteiger partial charge in [0.25, 0.3) is 0 Å². The largest absolute Gasteiger partial charge is 0.460 e. The fourth-order valence-electron chi connectivity index (χ4n) is 1.76. The van der Waals surface area contributed by atoms with E-state index in [2.05, 4.69) is 57.9 Å². The number of benzene rings is 1. The van der Waals surface area contributed by atoms with Crippen LogP contribution in [0.3, 0.4) is 0 Å². The van der Waals surface area contributed by atoms with Crippen LogP contribution in [-0.4, -0.2) is 5.54 Å². The fourth-order valence-corrected chi connectivity index (χ4v) is 3.00. The highest BCUT2D eigenvalue weighted by Gasteiger charge is 2.15. The van der Waals surface area contributed by atoms with E-state index in [1.54, 1.807) is 0 Å². The summed E-state index contributed by atoms with van der Waals surface area (Å²) in [5.41, 5.74) is 1.19. The van der Waals surface area contributed by atoms with Gasteiger partial charge >= 0.3 is 0 Å². The third kappa shape index (κ3) is 3.96. The molecule has 0 aliphatic rings. The van der Waals surface area contributed by atoms with Crippen LogP contribution in [0.5, 0.6) is 0 Å². The minimum atomic E-state index is 0.130. The summed E-state index contributed by atoms with van der Waals surface area (Å²) >= 11 is 7.03. The highest BCUT2D eigenvalue weighted by Crippen LogP contribution is 2.32. The molecule has 0 aliphatic heterocycles. The van der Waals surface area contributed by atoms with Crippen LogP contribution < -0.4 is 5.32 Å². The van der Waals surface area contributed by atoms with Gasteiger partial charge in [0.1, 0.15) is 11.5 Å². The number of halogens is 2. The van der Waals surface area contributed by atoms with Crippen LogP contribution in [-0.2, 0) is 6.54 Å². The standard InChI is InChI=1S/C16H19Br2NO/c1-4-16(2,3)19-10-12-6-8-15(20-12)13-7-5-11(17)9-14(13)18/h5-9,19H,4,10H2,1-3H3. The Labute approximate surface area is 137 Å². The Hall–Kier alpha value is -0.580. The summed E-state index contributed by atoms with van der Waals surface area (Å²) in [7, 11) is 0. The summed E-state index contributed by atoms with van der Waals surface area (Å²) in [6.07, 6.45) is 1.08. The lowest BCUT2D eigenvalue weighted by Gasteiger charge is -2.23. The van der Waals surface area contributed by atoms with Gasteiger partial charge in [-0.3, -0.25) is 0 Å². The maximum atomic E-state index is 5.92. The van der Waals surface area contributed by atoms with Crippen molar-refractivity contribution in [2.45, 2.75) is 39.3 Å². The zero-order chi connectivity index (χ0) is 14.8. The summed E-state index contributed by atoms with van der Waals surface area (Å²) in [5.74, 6) is 1.84. The van der Waals surface area contributed by atoms with Gasteiger partial charge < -0.3 is 9.73 Å². The molecule has 0 fully saturated rings. The van der Waals surface area contributed by atoms with E-state index in [0.717, 1.165) is 39.0 Å². The lowest BCUT2D eigenvalue weighted by atomic mass is 10.0. The number of hydrogen-bond acceptors (Lipinski definition) is 2. The molecule has 1 aromatic carbocycles. The molecule has 2 aromatic rings. The minimum Gasteiger partial charge on any atom is -0.460 e. The molecule has 2 nitrogen and oxygen atoms in total. The Kier molecular flexibility index (Phi) is 5.10.